The van der Waals surface area contributed by atoms with Crippen LogP contribution in [0.5, 0.6) is 0 Å². The van der Waals surface area contributed by atoms with Crippen molar-refractivity contribution in [3.8, 4) is 0 Å². The Labute approximate surface area is 167 Å². The number of hydrogen-bond acceptors (Lipinski definition) is 3. The number of hydrogen-bond donors (Lipinski definition) is 2. The molecule has 0 fully saturated rings. The molecule has 0 bridgehead atoms. The minimum Gasteiger partial charge on any atom is -0.359 e. The number of halogens is 1. The Bertz CT molecular complexity index is 625. The van der Waals surface area contributed by atoms with E-state index in [1.807, 2.05) is 12.1 Å². The van der Waals surface area contributed by atoms with Crippen LogP contribution in [0.25, 0.3) is 0 Å². The van der Waals surface area contributed by atoms with E-state index >= 15 is 0 Å². The highest BCUT2D eigenvalue weighted by atomic mass is 127. The topological polar surface area (TPSA) is 62.5 Å². The Morgan fingerprint density at radius 1 is 1.20 bits per heavy atom. The molecule has 0 aliphatic heterocycles. The van der Waals surface area contributed by atoms with E-state index in [1.54, 1.807) is 0 Å². The number of rotatable bonds is 8. The summed E-state index contributed by atoms with van der Waals surface area (Å²) in [4.78, 5) is 4.56. The molecule has 0 saturated carbocycles. The van der Waals surface area contributed by atoms with Crippen LogP contribution in [0.3, 0.4) is 0 Å². The standard InChI is InChI=1S/C19H28N4O.HI/c1-4-20-19(21-12-8-11-16-9-6-5-7-10-16)22-14-17-13-18(15(2)3)23-24-17;/h5-7,9-10,13,15H,4,8,11-12,14H2,1-3H3,(H2,20,21,22);1H. The van der Waals surface area contributed by atoms with Gasteiger partial charge in [0.25, 0.3) is 0 Å². The molecule has 0 amide bonds. The Morgan fingerprint density at radius 3 is 2.60 bits per heavy atom. The second-order valence-electron chi connectivity index (χ2n) is 6.08. The van der Waals surface area contributed by atoms with Gasteiger partial charge in [-0.2, -0.15) is 0 Å². The summed E-state index contributed by atoms with van der Waals surface area (Å²) in [5, 5.41) is 10.7. The highest BCUT2D eigenvalue weighted by Gasteiger charge is 2.07. The average molecular weight is 456 g/mol. The number of guanidine groups is 1. The first-order valence-electron chi connectivity index (χ1n) is 8.70. The molecule has 5 nitrogen and oxygen atoms in total. The first-order chi connectivity index (χ1) is 11.7. The SMILES string of the molecule is CCNC(=NCc1cc(C(C)C)no1)NCCCc1ccccc1.I. The minimum atomic E-state index is 0. The lowest BCUT2D eigenvalue weighted by molar-refractivity contribution is 0.376. The second-order valence-corrected chi connectivity index (χ2v) is 6.08. The van der Waals surface area contributed by atoms with Crippen molar-refractivity contribution in [1.82, 2.24) is 15.8 Å². The van der Waals surface area contributed by atoms with Gasteiger partial charge in [0.1, 0.15) is 6.54 Å². The van der Waals surface area contributed by atoms with Crippen LogP contribution in [0.2, 0.25) is 0 Å². The molecule has 138 valence electrons. The number of nitrogens with one attached hydrogen (secondary N) is 2. The lowest BCUT2D eigenvalue weighted by Gasteiger charge is -2.10. The van der Waals surface area contributed by atoms with Crippen molar-refractivity contribution in [3.05, 3.63) is 53.4 Å². The van der Waals surface area contributed by atoms with Crippen molar-refractivity contribution >= 4 is 29.9 Å². The summed E-state index contributed by atoms with van der Waals surface area (Å²) in [6.45, 7) is 8.47. The third kappa shape index (κ3) is 7.90. The van der Waals surface area contributed by atoms with Crippen molar-refractivity contribution in [2.75, 3.05) is 13.1 Å². The summed E-state index contributed by atoms with van der Waals surface area (Å²) in [5.41, 5.74) is 2.34. The minimum absolute atomic E-state index is 0. The van der Waals surface area contributed by atoms with Crippen molar-refractivity contribution in [2.45, 2.75) is 46.1 Å². The number of aryl methyl sites for hydroxylation is 1. The molecule has 0 aliphatic carbocycles. The zero-order valence-corrected chi connectivity index (χ0v) is 17.6. The summed E-state index contributed by atoms with van der Waals surface area (Å²) in [7, 11) is 0. The molecule has 0 radical (unpaired) electrons. The zero-order valence-electron chi connectivity index (χ0n) is 15.3. The number of aromatic nitrogens is 1. The van der Waals surface area contributed by atoms with E-state index in [0.29, 0.717) is 12.5 Å². The average Bonchev–Trinajstić information content (AvgIpc) is 3.06. The number of benzene rings is 1. The molecule has 0 spiro atoms. The van der Waals surface area contributed by atoms with Crippen LogP contribution >= 0.6 is 24.0 Å². The van der Waals surface area contributed by atoms with Crippen molar-refractivity contribution in [2.24, 2.45) is 4.99 Å². The molecule has 0 atom stereocenters. The van der Waals surface area contributed by atoms with Crippen molar-refractivity contribution in [1.29, 1.82) is 0 Å². The highest BCUT2D eigenvalue weighted by Crippen LogP contribution is 2.14. The van der Waals surface area contributed by atoms with Crippen LogP contribution in [-0.4, -0.2) is 24.2 Å². The van der Waals surface area contributed by atoms with Gasteiger partial charge in [-0.3, -0.25) is 0 Å². The lowest BCUT2D eigenvalue weighted by atomic mass is 10.1. The predicted molar refractivity (Wildman–Crippen MR) is 114 cm³/mol. The first kappa shape index (κ1) is 21.5. The molecule has 0 unspecified atom stereocenters. The van der Waals surface area contributed by atoms with Crippen molar-refractivity contribution < 1.29 is 4.52 Å². The van der Waals surface area contributed by atoms with Gasteiger partial charge in [-0.1, -0.05) is 49.3 Å². The molecule has 0 aliphatic rings. The molecular formula is C19H29IN4O. The van der Waals surface area contributed by atoms with E-state index in [-0.39, 0.29) is 24.0 Å². The van der Waals surface area contributed by atoms with Crippen LogP contribution in [0.15, 0.2) is 45.9 Å². The summed E-state index contributed by atoms with van der Waals surface area (Å²) in [5.74, 6) is 1.98. The fraction of sp³-hybridized carbons (Fsp3) is 0.474. The molecule has 25 heavy (non-hydrogen) atoms. The van der Waals surface area contributed by atoms with E-state index in [9.17, 15) is 0 Å². The molecular weight excluding hydrogens is 427 g/mol. The fourth-order valence-corrected chi connectivity index (χ4v) is 2.32. The van der Waals surface area contributed by atoms with Gasteiger partial charge in [-0.15, -0.1) is 24.0 Å². The quantitative estimate of drug-likeness (QED) is 0.272. The van der Waals surface area contributed by atoms with Gasteiger partial charge in [0.15, 0.2) is 11.7 Å². The monoisotopic (exact) mass is 456 g/mol. The molecule has 2 aromatic rings. The van der Waals surface area contributed by atoms with Gasteiger partial charge in [0, 0.05) is 19.2 Å². The Morgan fingerprint density at radius 2 is 1.96 bits per heavy atom. The summed E-state index contributed by atoms with van der Waals surface area (Å²) < 4.78 is 5.33. The first-order valence-corrected chi connectivity index (χ1v) is 8.70. The number of aliphatic imine (C=N–C) groups is 1. The lowest BCUT2D eigenvalue weighted by Crippen LogP contribution is -2.37. The Hall–Kier alpha value is -1.57. The van der Waals surface area contributed by atoms with E-state index in [4.69, 9.17) is 4.52 Å². The normalized spacial score (nSPS) is 11.3. The molecule has 2 N–H and O–H groups in total. The van der Waals surface area contributed by atoms with Gasteiger partial charge < -0.3 is 15.2 Å². The van der Waals surface area contributed by atoms with Gasteiger partial charge >= 0.3 is 0 Å². The summed E-state index contributed by atoms with van der Waals surface area (Å²) in [6, 6.07) is 12.5. The predicted octanol–water partition coefficient (Wildman–Crippen LogP) is 4.10. The van der Waals surface area contributed by atoms with E-state index in [0.717, 1.165) is 43.3 Å². The van der Waals surface area contributed by atoms with Gasteiger partial charge in [-0.05, 0) is 31.2 Å². The molecule has 1 heterocycles. The molecule has 1 aromatic heterocycles. The Balaban J connectivity index is 0.00000312. The van der Waals surface area contributed by atoms with E-state index < -0.39 is 0 Å². The fourth-order valence-electron chi connectivity index (χ4n) is 2.32. The molecule has 1 aromatic carbocycles. The van der Waals surface area contributed by atoms with Gasteiger partial charge in [0.2, 0.25) is 0 Å². The summed E-state index contributed by atoms with van der Waals surface area (Å²) in [6.07, 6.45) is 2.13. The second kappa shape index (κ2) is 11.9. The van der Waals surface area contributed by atoms with Crippen LogP contribution in [0.4, 0.5) is 0 Å². The zero-order chi connectivity index (χ0) is 17.2. The van der Waals surface area contributed by atoms with Gasteiger partial charge in [0.05, 0.1) is 5.69 Å². The maximum absolute atomic E-state index is 5.33. The number of nitrogens with zero attached hydrogens (tertiary/aromatic N) is 2. The van der Waals surface area contributed by atoms with Crippen LogP contribution in [0.1, 0.15) is 50.1 Å². The highest BCUT2D eigenvalue weighted by molar-refractivity contribution is 14.0. The van der Waals surface area contributed by atoms with Gasteiger partial charge in [-0.25, -0.2) is 4.99 Å². The third-order valence-electron chi connectivity index (χ3n) is 3.68. The van der Waals surface area contributed by atoms with E-state index in [2.05, 4.69) is 65.8 Å². The maximum Gasteiger partial charge on any atom is 0.191 e. The third-order valence-corrected chi connectivity index (χ3v) is 3.68. The van der Waals surface area contributed by atoms with Crippen LogP contribution < -0.4 is 10.6 Å². The molecule has 0 saturated heterocycles. The largest absolute Gasteiger partial charge is 0.359 e. The smallest absolute Gasteiger partial charge is 0.191 e. The Kier molecular flexibility index (Phi) is 10.2. The van der Waals surface area contributed by atoms with E-state index in [1.165, 1.54) is 5.56 Å². The van der Waals surface area contributed by atoms with Crippen LogP contribution in [-0.2, 0) is 13.0 Å². The van der Waals surface area contributed by atoms with Crippen molar-refractivity contribution in [3.63, 3.8) is 0 Å². The molecule has 6 heteroatoms. The maximum atomic E-state index is 5.33. The summed E-state index contributed by atoms with van der Waals surface area (Å²) >= 11 is 0. The van der Waals surface area contributed by atoms with Crippen LogP contribution in [0, 0.1) is 0 Å². The molecule has 2 rings (SSSR count).